The number of aliphatic hydroxyl groups excluding tert-OH is 1. The fourth-order valence-electron chi connectivity index (χ4n) is 1.98. The van der Waals surface area contributed by atoms with Crippen LogP contribution in [-0.2, 0) is 0 Å². The van der Waals surface area contributed by atoms with Gasteiger partial charge >= 0.3 is 0 Å². The highest BCUT2D eigenvalue weighted by molar-refractivity contribution is 6.30. The van der Waals surface area contributed by atoms with Crippen LogP contribution in [0.3, 0.4) is 0 Å². The van der Waals surface area contributed by atoms with Crippen LogP contribution in [0.15, 0.2) is 18.3 Å². The first-order chi connectivity index (χ1) is 9.12. The van der Waals surface area contributed by atoms with Gasteiger partial charge in [0.15, 0.2) is 5.65 Å². The van der Waals surface area contributed by atoms with Crippen LogP contribution in [0.4, 0.5) is 5.95 Å². The Morgan fingerprint density at radius 2 is 2.11 bits per heavy atom. The molecule has 104 valence electrons. The van der Waals surface area contributed by atoms with Crippen molar-refractivity contribution in [2.75, 3.05) is 18.5 Å². The van der Waals surface area contributed by atoms with Crippen molar-refractivity contribution in [3.8, 4) is 0 Å². The number of pyridine rings is 1. The molecule has 0 saturated heterocycles. The quantitative estimate of drug-likeness (QED) is 0.855. The molecule has 2 rings (SSSR count). The normalized spacial score (nSPS) is 12.0. The molecular formula is C13H19ClN4O. The van der Waals surface area contributed by atoms with Crippen LogP contribution < -0.4 is 5.32 Å². The van der Waals surface area contributed by atoms with Gasteiger partial charge in [0.2, 0.25) is 5.95 Å². The Kier molecular flexibility index (Phi) is 4.27. The van der Waals surface area contributed by atoms with Gasteiger partial charge in [0.25, 0.3) is 0 Å². The van der Waals surface area contributed by atoms with Crippen LogP contribution >= 0.6 is 11.6 Å². The lowest BCUT2D eigenvalue weighted by molar-refractivity contribution is 0.127. The molecule has 6 heteroatoms. The maximum atomic E-state index is 9.53. The van der Waals surface area contributed by atoms with Gasteiger partial charge in [-0.2, -0.15) is 4.98 Å². The smallest absolute Gasteiger partial charge is 0.243 e. The van der Waals surface area contributed by atoms with E-state index in [-0.39, 0.29) is 12.0 Å². The van der Waals surface area contributed by atoms with Crippen molar-refractivity contribution in [1.29, 1.82) is 0 Å². The number of anilines is 1. The van der Waals surface area contributed by atoms with Crippen LogP contribution in [0, 0.1) is 5.41 Å². The fourth-order valence-corrected chi connectivity index (χ4v) is 2.13. The molecule has 2 aromatic heterocycles. The molecule has 0 saturated carbocycles. The second-order valence-electron chi connectivity index (χ2n) is 4.80. The largest absolute Gasteiger partial charge is 0.396 e. The summed E-state index contributed by atoms with van der Waals surface area (Å²) in [4.78, 5) is 4.36. The zero-order chi connectivity index (χ0) is 13.9. The molecule has 0 amide bonds. The van der Waals surface area contributed by atoms with E-state index in [1.54, 1.807) is 16.8 Å². The van der Waals surface area contributed by atoms with Crippen molar-refractivity contribution in [3.63, 3.8) is 0 Å². The summed E-state index contributed by atoms with van der Waals surface area (Å²) in [5.74, 6) is 0.557. The minimum Gasteiger partial charge on any atom is -0.396 e. The molecule has 0 unspecified atom stereocenters. The average Bonchev–Trinajstić information content (AvgIpc) is 2.83. The number of nitrogens with zero attached hydrogens (tertiary/aromatic N) is 3. The number of rotatable bonds is 6. The molecule has 0 aliphatic heterocycles. The van der Waals surface area contributed by atoms with Crippen molar-refractivity contribution >= 4 is 23.2 Å². The van der Waals surface area contributed by atoms with Gasteiger partial charge in [-0.15, -0.1) is 5.10 Å². The lowest BCUT2D eigenvalue weighted by atomic mass is 9.83. The predicted molar refractivity (Wildman–Crippen MR) is 76.6 cm³/mol. The summed E-state index contributed by atoms with van der Waals surface area (Å²) in [5.41, 5.74) is 0.629. The summed E-state index contributed by atoms with van der Waals surface area (Å²) in [7, 11) is 0. The molecule has 0 aromatic carbocycles. The molecule has 2 heterocycles. The Bertz CT molecular complexity index is 542. The highest BCUT2D eigenvalue weighted by atomic mass is 35.5. The first-order valence-corrected chi connectivity index (χ1v) is 6.87. The van der Waals surface area contributed by atoms with Crippen LogP contribution in [0.1, 0.15) is 26.7 Å². The summed E-state index contributed by atoms with van der Waals surface area (Å²) in [6.45, 7) is 4.98. The SMILES string of the molecule is CCC(CC)(CO)CNc1nc2ccc(Cl)cn2n1. The molecule has 0 fully saturated rings. The van der Waals surface area contributed by atoms with E-state index in [1.165, 1.54) is 0 Å². The summed E-state index contributed by atoms with van der Waals surface area (Å²) in [6.07, 6.45) is 3.53. The molecule has 0 spiro atoms. The average molecular weight is 283 g/mol. The van der Waals surface area contributed by atoms with Gasteiger partial charge in [0, 0.05) is 18.2 Å². The Labute approximate surface area is 117 Å². The molecule has 2 aromatic rings. The molecule has 0 bridgehead atoms. The van der Waals surface area contributed by atoms with Gasteiger partial charge in [-0.1, -0.05) is 25.4 Å². The van der Waals surface area contributed by atoms with Crippen LogP contribution in [0.25, 0.3) is 5.65 Å². The Hall–Kier alpha value is -1.33. The van der Waals surface area contributed by atoms with Crippen LogP contribution in [0.2, 0.25) is 5.02 Å². The van der Waals surface area contributed by atoms with Crippen molar-refractivity contribution in [1.82, 2.24) is 14.6 Å². The van der Waals surface area contributed by atoms with E-state index in [0.29, 0.717) is 17.5 Å². The van der Waals surface area contributed by atoms with Crippen molar-refractivity contribution in [2.45, 2.75) is 26.7 Å². The maximum absolute atomic E-state index is 9.53. The van der Waals surface area contributed by atoms with Crippen molar-refractivity contribution in [2.24, 2.45) is 5.41 Å². The van der Waals surface area contributed by atoms with Crippen LogP contribution in [0.5, 0.6) is 0 Å². The molecule has 19 heavy (non-hydrogen) atoms. The van der Waals surface area contributed by atoms with Gasteiger partial charge in [-0.3, -0.25) is 0 Å². The molecule has 0 radical (unpaired) electrons. The molecule has 2 N–H and O–H groups in total. The van der Waals surface area contributed by atoms with Crippen molar-refractivity contribution < 1.29 is 5.11 Å². The lowest BCUT2D eigenvalue weighted by Crippen LogP contribution is -2.32. The van der Waals surface area contributed by atoms with E-state index < -0.39 is 0 Å². The van der Waals surface area contributed by atoms with E-state index >= 15 is 0 Å². The number of fused-ring (bicyclic) bond motifs is 1. The standard InChI is InChI=1S/C13H19ClN4O/c1-3-13(4-2,9-19)8-15-12-16-11-6-5-10(14)7-18(11)17-12/h5-7,19H,3-4,8-9H2,1-2H3,(H,15,17). The van der Waals surface area contributed by atoms with Crippen molar-refractivity contribution in [3.05, 3.63) is 23.4 Å². The van der Waals surface area contributed by atoms with E-state index in [0.717, 1.165) is 18.5 Å². The van der Waals surface area contributed by atoms with Gasteiger partial charge in [-0.05, 0) is 25.0 Å². The zero-order valence-electron chi connectivity index (χ0n) is 11.2. The second kappa shape index (κ2) is 5.75. The van der Waals surface area contributed by atoms with Gasteiger partial charge in [-0.25, -0.2) is 4.52 Å². The number of aromatic nitrogens is 3. The lowest BCUT2D eigenvalue weighted by Gasteiger charge is -2.29. The molecule has 5 nitrogen and oxygen atoms in total. The van der Waals surface area contributed by atoms with E-state index in [4.69, 9.17) is 11.6 Å². The topological polar surface area (TPSA) is 62.5 Å². The van der Waals surface area contributed by atoms with Gasteiger partial charge in [0.1, 0.15) is 0 Å². The third-order valence-electron chi connectivity index (χ3n) is 3.75. The minimum atomic E-state index is -0.116. The molecule has 0 atom stereocenters. The zero-order valence-corrected chi connectivity index (χ0v) is 12.0. The number of aliphatic hydroxyl groups is 1. The fraction of sp³-hybridized carbons (Fsp3) is 0.538. The number of hydrogen-bond donors (Lipinski definition) is 2. The monoisotopic (exact) mass is 282 g/mol. The first kappa shape index (κ1) is 14.1. The summed E-state index contributed by atoms with van der Waals surface area (Å²) < 4.78 is 1.64. The third-order valence-corrected chi connectivity index (χ3v) is 3.98. The second-order valence-corrected chi connectivity index (χ2v) is 5.24. The maximum Gasteiger partial charge on any atom is 0.243 e. The van der Waals surface area contributed by atoms with E-state index in [9.17, 15) is 5.11 Å². The Balaban J connectivity index is 2.13. The summed E-state index contributed by atoms with van der Waals surface area (Å²) in [6, 6.07) is 3.60. The van der Waals surface area contributed by atoms with Gasteiger partial charge < -0.3 is 10.4 Å². The van der Waals surface area contributed by atoms with Gasteiger partial charge in [0.05, 0.1) is 11.6 Å². The first-order valence-electron chi connectivity index (χ1n) is 6.49. The van der Waals surface area contributed by atoms with E-state index in [2.05, 4.69) is 29.2 Å². The summed E-state index contributed by atoms with van der Waals surface area (Å²) >= 11 is 5.90. The number of halogens is 1. The highest BCUT2D eigenvalue weighted by Crippen LogP contribution is 2.25. The number of nitrogens with one attached hydrogen (secondary N) is 1. The number of hydrogen-bond acceptors (Lipinski definition) is 4. The highest BCUT2D eigenvalue weighted by Gasteiger charge is 2.25. The van der Waals surface area contributed by atoms with Crippen LogP contribution in [-0.4, -0.2) is 32.9 Å². The summed E-state index contributed by atoms with van der Waals surface area (Å²) in [5, 5.41) is 17.7. The Morgan fingerprint density at radius 3 is 2.74 bits per heavy atom. The third kappa shape index (κ3) is 2.98. The molecule has 0 aliphatic rings. The molecular weight excluding hydrogens is 264 g/mol. The Morgan fingerprint density at radius 1 is 1.37 bits per heavy atom. The van der Waals surface area contributed by atoms with E-state index in [1.807, 2.05) is 6.07 Å². The molecule has 0 aliphatic carbocycles. The predicted octanol–water partition coefficient (Wildman–Crippen LogP) is 2.59. The minimum absolute atomic E-state index is 0.116.